The van der Waals surface area contributed by atoms with E-state index in [0.717, 1.165) is 14.7 Å². The highest BCUT2D eigenvalue weighted by molar-refractivity contribution is 6.01. The lowest BCUT2D eigenvalue weighted by Crippen LogP contribution is -2.71. The van der Waals surface area contributed by atoms with Gasteiger partial charge in [0.25, 0.3) is 0 Å². The summed E-state index contributed by atoms with van der Waals surface area (Å²) in [5.41, 5.74) is -2.26. The Balaban J connectivity index is 1.34. The molecule has 0 aromatic rings. The van der Waals surface area contributed by atoms with Gasteiger partial charge in [-0.2, -0.15) is 26.3 Å². The van der Waals surface area contributed by atoms with E-state index >= 15 is 28.8 Å². The number of halogens is 6. The molecular weight excluding hydrogens is 1440 g/mol. The van der Waals surface area contributed by atoms with Crippen LogP contribution in [0.15, 0.2) is 12.2 Å². The summed E-state index contributed by atoms with van der Waals surface area (Å²) in [7, 11) is 10.9. The molecule has 32 heteroatoms. The maximum absolute atomic E-state index is 15.9. The van der Waals surface area contributed by atoms with Crippen molar-refractivity contribution in [1.29, 1.82) is 0 Å². The molecule has 4 saturated carbocycles. The van der Waals surface area contributed by atoms with Gasteiger partial charge in [0.15, 0.2) is 0 Å². The molecule has 110 heavy (non-hydrogen) atoms. The molecular formula is C78H124F6N12O14. The first-order valence-electron chi connectivity index (χ1n) is 39.8. The second-order valence-corrected chi connectivity index (χ2v) is 33.3. The monoisotopic (exact) mass is 1570 g/mol. The zero-order chi connectivity index (χ0) is 81.8. The molecule has 0 aromatic carbocycles. The predicted molar refractivity (Wildman–Crippen MR) is 396 cm³/mol. The van der Waals surface area contributed by atoms with E-state index in [1.54, 1.807) is 46.8 Å². The molecule has 6 fully saturated rings. The van der Waals surface area contributed by atoms with E-state index in [1.165, 1.54) is 85.8 Å². The van der Waals surface area contributed by atoms with Crippen LogP contribution in [0.5, 0.6) is 0 Å². The minimum atomic E-state index is -4.57. The van der Waals surface area contributed by atoms with Gasteiger partial charge in [0, 0.05) is 89.1 Å². The zero-order valence-corrected chi connectivity index (χ0v) is 67.4. The number of methoxy groups -OCH3 is 1. The number of fused-ring (bicyclic) bond motifs is 3. The van der Waals surface area contributed by atoms with Gasteiger partial charge in [0.2, 0.25) is 70.9 Å². The summed E-state index contributed by atoms with van der Waals surface area (Å²) in [6.07, 6.45) is -5.81. The maximum Gasteiger partial charge on any atom is 0.394 e. The molecule has 3 N–H and O–H groups in total. The predicted octanol–water partition coefficient (Wildman–Crippen LogP) is 6.86. The summed E-state index contributed by atoms with van der Waals surface area (Å²) in [4.78, 5) is 194. The van der Waals surface area contributed by atoms with Crippen molar-refractivity contribution in [3.63, 3.8) is 0 Å². The number of likely N-dealkylation sites (N-methyl/N-ethyl adjacent to an activating group) is 7. The fourth-order valence-corrected chi connectivity index (χ4v) is 18.2. The number of ether oxygens (including phenoxy) is 2. The summed E-state index contributed by atoms with van der Waals surface area (Å²) >= 11 is 0. The third-order valence-corrected chi connectivity index (χ3v) is 24.9. The van der Waals surface area contributed by atoms with E-state index < -0.39 is 210 Å². The third-order valence-electron chi connectivity index (χ3n) is 24.9. The number of nitrogens with zero attached hydrogens (tertiary/aromatic N) is 9. The van der Waals surface area contributed by atoms with Gasteiger partial charge in [-0.25, -0.2) is 0 Å². The Morgan fingerprint density at radius 3 is 1.87 bits per heavy atom. The van der Waals surface area contributed by atoms with Crippen LogP contribution in [0.25, 0.3) is 0 Å². The van der Waals surface area contributed by atoms with Gasteiger partial charge >= 0.3 is 12.4 Å². The molecule has 3 aliphatic heterocycles. The number of nitrogens with one attached hydrogen (secondary N) is 3. The fraction of sp³-hybridized carbons (Fsp3) is 0.821. The van der Waals surface area contributed by atoms with Crippen LogP contribution in [-0.2, 0) is 67.0 Å². The van der Waals surface area contributed by atoms with Gasteiger partial charge in [0.1, 0.15) is 53.9 Å². The second-order valence-electron chi connectivity index (χ2n) is 33.3. The van der Waals surface area contributed by atoms with Crippen molar-refractivity contribution in [2.75, 3.05) is 95.8 Å². The Kier molecular flexibility index (Phi) is 31.6. The number of alkyl halides is 6. The Morgan fingerprint density at radius 1 is 0.655 bits per heavy atom. The molecule has 0 radical (unpaired) electrons. The normalized spacial score (nSPS) is 31.4. The number of carbonyl (C=O) groups excluding carboxylic acids is 12. The molecule has 4 aliphatic carbocycles. The van der Waals surface area contributed by atoms with Crippen LogP contribution in [0.4, 0.5) is 26.3 Å². The minimum Gasteiger partial charge on any atom is -0.381 e. The summed E-state index contributed by atoms with van der Waals surface area (Å²) in [5.74, 6) is -14.2. The molecule has 0 aromatic heterocycles. The smallest absolute Gasteiger partial charge is 0.381 e. The number of hydrogen-bond donors (Lipinski definition) is 3. The van der Waals surface area contributed by atoms with Gasteiger partial charge in [-0.15, -0.1) is 0 Å². The lowest BCUT2D eigenvalue weighted by Gasteiger charge is -2.54. The SMILES string of the molecule is CCC[C@H]1C(=O)N[C@@H]([C@@H](C)CC)C(=O)N(C)CC(=O)N(C)[C@H]2C/C=C\CCN(C2=O)[C@@H](CC2CCC(C(F)(F)F)CC2)C(=O)N(C)CC(=O)N[C@@H](CCC2CCC(C(F)(F)F)C(OC)C2)C(=O)N2C[C@H](OCC)C[C@H]2C(=O)NC2(CC(C)(C)C2)C(=O)N(C)[C@@H](C2CCCC2)C(=O)N(C)[C@H](C(=O)N(C)CC)CC(=O)N1C. The Labute approximate surface area is 645 Å². The summed E-state index contributed by atoms with van der Waals surface area (Å²) in [5, 5.41) is 8.72. The first kappa shape index (κ1) is 90.1. The first-order chi connectivity index (χ1) is 51.6. The minimum absolute atomic E-state index is 0.0344. The largest absolute Gasteiger partial charge is 0.394 e. The molecule has 3 unspecified atom stereocenters. The number of amides is 12. The molecule has 26 nitrogen and oxygen atoms in total. The van der Waals surface area contributed by atoms with Crippen molar-refractivity contribution in [3.05, 3.63) is 12.2 Å². The van der Waals surface area contributed by atoms with E-state index in [4.69, 9.17) is 9.47 Å². The molecule has 7 aliphatic rings. The summed E-state index contributed by atoms with van der Waals surface area (Å²) in [6, 6.07) is -10.9. The Morgan fingerprint density at radius 2 is 1.29 bits per heavy atom. The summed E-state index contributed by atoms with van der Waals surface area (Å²) < 4.78 is 97.1. The average Bonchev–Trinajstić information content (AvgIpc) is 0.961. The summed E-state index contributed by atoms with van der Waals surface area (Å²) in [6.45, 7) is 11.1. The van der Waals surface area contributed by atoms with E-state index in [0.29, 0.717) is 38.5 Å². The first-order valence-corrected chi connectivity index (χ1v) is 39.8. The molecule has 622 valence electrons. The van der Waals surface area contributed by atoms with Crippen LogP contribution >= 0.6 is 0 Å². The van der Waals surface area contributed by atoms with Gasteiger partial charge < -0.3 is 69.5 Å². The van der Waals surface area contributed by atoms with Crippen molar-refractivity contribution in [3.8, 4) is 0 Å². The fourth-order valence-electron chi connectivity index (χ4n) is 18.2. The topological polar surface area (TPSA) is 289 Å². The molecule has 12 amide bonds. The molecule has 2 bridgehead atoms. The molecule has 3 heterocycles. The number of rotatable bonds is 15. The van der Waals surface area contributed by atoms with Crippen molar-refractivity contribution >= 4 is 70.9 Å². The van der Waals surface area contributed by atoms with Crippen LogP contribution in [0.2, 0.25) is 0 Å². The van der Waals surface area contributed by atoms with E-state index in [9.17, 15) is 55.1 Å². The van der Waals surface area contributed by atoms with E-state index in [-0.39, 0.29) is 129 Å². The number of hydrogen-bond acceptors (Lipinski definition) is 14. The van der Waals surface area contributed by atoms with Crippen LogP contribution in [0, 0.1) is 40.9 Å². The lowest BCUT2D eigenvalue weighted by atomic mass is 9.58. The van der Waals surface area contributed by atoms with Gasteiger partial charge in [-0.05, 0) is 152 Å². The van der Waals surface area contributed by atoms with Gasteiger partial charge in [0.05, 0.1) is 43.6 Å². The maximum atomic E-state index is 15.9. The second kappa shape index (κ2) is 38.6. The highest BCUT2D eigenvalue weighted by atomic mass is 19.4. The van der Waals surface area contributed by atoms with Crippen molar-refractivity contribution in [2.24, 2.45) is 40.9 Å². The number of carbonyl (C=O) groups is 12. The Hall–Kier alpha value is -7.12. The van der Waals surface area contributed by atoms with Crippen molar-refractivity contribution < 1.29 is 93.4 Å². The average molecular weight is 1570 g/mol. The lowest BCUT2D eigenvalue weighted by molar-refractivity contribution is -0.215. The third kappa shape index (κ3) is 21.8. The molecule has 1 spiro atoms. The Bertz CT molecular complexity index is 3280. The van der Waals surface area contributed by atoms with Crippen molar-refractivity contribution in [1.82, 2.24) is 60.0 Å². The zero-order valence-electron chi connectivity index (χ0n) is 67.4. The van der Waals surface area contributed by atoms with Crippen molar-refractivity contribution in [2.45, 2.75) is 275 Å². The van der Waals surface area contributed by atoms with Crippen LogP contribution in [0.1, 0.15) is 196 Å². The van der Waals surface area contributed by atoms with Gasteiger partial charge in [-0.3, -0.25) is 57.5 Å². The van der Waals surface area contributed by atoms with Crippen LogP contribution in [0.3, 0.4) is 0 Å². The van der Waals surface area contributed by atoms with Crippen LogP contribution < -0.4 is 16.0 Å². The van der Waals surface area contributed by atoms with Gasteiger partial charge in [-0.1, -0.05) is 72.5 Å². The quantitative estimate of drug-likeness (QED) is 0.112. The highest BCUT2D eigenvalue weighted by Crippen LogP contribution is 2.50. The standard InChI is InChI=1S/C78H124F6N12O14/c1-16-25-55-66(100)86-64(47(5)17-2)72(106)90(10)44-63(99)92(12)56-28-21-20-24-37-95(71(56)105)59(38-48-29-33-51(34-30-48)77(79,80)81)70(104)89(9)43-61(97)85-54(36-32-49-31-35-53(78(82,83)84)60(39-49)109-15)68(102)96-42-52(110-19-4)40-57(96)67(101)87-76(45-75(6,7)46-76)74(108)94(14)65(50-26-22-23-27-50)73(107)93(13)58(41-62(98)91(55)11)69(103)88(8)18-3/h20-21,47-60,64-65H,16-19,22-46H2,1-15H3,(H,85,97)(H,86,100)(H,87,101)/b21-20-/t47-,48?,49?,51?,52+,53?,54-,55-,56-,57-,58-,59-,60?,64-,65-/m0/s1. The van der Waals surface area contributed by atoms with E-state index in [2.05, 4.69) is 16.0 Å². The van der Waals surface area contributed by atoms with E-state index in [1.807, 2.05) is 13.8 Å². The molecule has 13 atom stereocenters. The highest BCUT2D eigenvalue weighted by Gasteiger charge is 2.60. The van der Waals surface area contributed by atoms with Crippen LogP contribution in [-0.4, -0.2) is 289 Å². The molecule has 7 rings (SSSR count). The molecule has 2 saturated heterocycles.